The van der Waals surface area contributed by atoms with Crippen molar-refractivity contribution in [1.82, 2.24) is 5.16 Å². The van der Waals surface area contributed by atoms with E-state index in [1.165, 1.54) is 6.92 Å². The summed E-state index contributed by atoms with van der Waals surface area (Å²) in [6.07, 6.45) is -4.53. The Balaban J connectivity index is 3.15. The average molecular weight is 166 g/mol. The van der Waals surface area contributed by atoms with Gasteiger partial charge in [0.25, 0.3) is 0 Å². The molecule has 11 heavy (non-hydrogen) atoms. The van der Waals surface area contributed by atoms with Crippen molar-refractivity contribution in [3.63, 3.8) is 0 Å². The van der Waals surface area contributed by atoms with Crippen LogP contribution in [0.2, 0.25) is 0 Å². The van der Waals surface area contributed by atoms with E-state index >= 15 is 0 Å². The maximum atomic E-state index is 11.9. The number of hydrogen-bond acceptors (Lipinski definition) is 3. The Kier molecular flexibility index (Phi) is 1.54. The largest absolute Gasteiger partial charge is 0.438 e. The Morgan fingerprint density at radius 1 is 1.45 bits per heavy atom. The van der Waals surface area contributed by atoms with Gasteiger partial charge in [-0.25, -0.2) is 0 Å². The average Bonchev–Trinajstić information content (AvgIpc) is 2.11. The molecule has 0 aliphatic rings. The summed E-state index contributed by atoms with van der Waals surface area (Å²) in [5, 5.41) is 2.76. The summed E-state index contributed by atoms with van der Waals surface area (Å²) >= 11 is 0. The molecule has 1 aromatic heterocycles. The minimum atomic E-state index is -4.53. The maximum absolute atomic E-state index is 11.9. The van der Waals surface area contributed by atoms with E-state index in [4.69, 9.17) is 5.73 Å². The van der Waals surface area contributed by atoms with E-state index in [1.54, 1.807) is 0 Å². The highest BCUT2D eigenvalue weighted by molar-refractivity contribution is 5.46. The lowest BCUT2D eigenvalue weighted by Gasteiger charge is -2.00. The van der Waals surface area contributed by atoms with Crippen molar-refractivity contribution in [3.05, 3.63) is 11.5 Å². The molecule has 2 N–H and O–H groups in total. The van der Waals surface area contributed by atoms with Crippen LogP contribution in [0.5, 0.6) is 0 Å². The van der Waals surface area contributed by atoms with Crippen LogP contribution in [0, 0.1) is 6.92 Å². The molecule has 62 valence electrons. The van der Waals surface area contributed by atoms with Crippen LogP contribution >= 0.6 is 0 Å². The molecular formula is C5H5F3N2O. The molecule has 1 rings (SSSR count). The number of nitrogens with two attached hydrogens (primary N) is 1. The molecule has 0 saturated heterocycles. The third-order valence-electron chi connectivity index (χ3n) is 1.18. The van der Waals surface area contributed by atoms with E-state index in [0.29, 0.717) is 0 Å². The van der Waals surface area contributed by atoms with Crippen LogP contribution in [0.1, 0.15) is 11.5 Å². The maximum Gasteiger partial charge on any atom is 0.438 e. The zero-order valence-electron chi connectivity index (χ0n) is 5.57. The lowest BCUT2D eigenvalue weighted by Crippen LogP contribution is -2.08. The van der Waals surface area contributed by atoms with E-state index in [2.05, 4.69) is 9.68 Å². The molecule has 0 aliphatic heterocycles. The number of nitrogens with zero attached hydrogens (tertiary/aromatic N) is 1. The van der Waals surface area contributed by atoms with Crippen molar-refractivity contribution in [2.75, 3.05) is 5.73 Å². The van der Waals surface area contributed by atoms with Gasteiger partial charge in [0.1, 0.15) is 5.69 Å². The van der Waals surface area contributed by atoms with Crippen LogP contribution in [0.3, 0.4) is 0 Å². The number of aromatic nitrogens is 1. The standard InChI is InChI=1S/C5H5F3N2O/c1-2-3(9)4(10-11-2)5(6,7)8/h9H2,1H3. The zero-order chi connectivity index (χ0) is 8.65. The normalized spacial score (nSPS) is 12.0. The number of hydrogen-bond donors (Lipinski definition) is 1. The van der Waals surface area contributed by atoms with E-state index < -0.39 is 17.6 Å². The summed E-state index contributed by atoms with van der Waals surface area (Å²) in [7, 11) is 0. The second-order valence-corrected chi connectivity index (χ2v) is 2.00. The topological polar surface area (TPSA) is 52.0 Å². The minimum Gasteiger partial charge on any atom is -0.394 e. The molecule has 0 unspecified atom stereocenters. The Morgan fingerprint density at radius 2 is 2.00 bits per heavy atom. The third kappa shape index (κ3) is 1.28. The third-order valence-corrected chi connectivity index (χ3v) is 1.18. The van der Waals surface area contributed by atoms with Gasteiger partial charge >= 0.3 is 6.18 Å². The van der Waals surface area contributed by atoms with Crippen molar-refractivity contribution >= 4 is 5.69 Å². The highest BCUT2D eigenvalue weighted by atomic mass is 19.4. The molecule has 1 heterocycles. The smallest absolute Gasteiger partial charge is 0.394 e. The quantitative estimate of drug-likeness (QED) is 0.636. The lowest BCUT2D eigenvalue weighted by molar-refractivity contribution is -0.142. The summed E-state index contributed by atoms with van der Waals surface area (Å²) in [6.45, 7) is 1.32. The van der Waals surface area contributed by atoms with E-state index in [-0.39, 0.29) is 5.76 Å². The molecule has 0 radical (unpaired) electrons. The molecule has 0 spiro atoms. The van der Waals surface area contributed by atoms with Gasteiger partial charge in [-0.3, -0.25) is 0 Å². The van der Waals surface area contributed by atoms with E-state index in [9.17, 15) is 13.2 Å². The highest BCUT2D eigenvalue weighted by Crippen LogP contribution is 2.33. The van der Waals surface area contributed by atoms with E-state index in [1.807, 2.05) is 0 Å². The number of anilines is 1. The first-order valence-electron chi connectivity index (χ1n) is 2.72. The minimum absolute atomic E-state index is 0.0164. The molecule has 0 saturated carbocycles. The summed E-state index contributed by atoms with van der Waals surface area (Å²) in [5.41, 5.74) is 3.41. The van der Waals surface area contributed by atoms with Crippen LogP contribution in [0.15, 0.2) is 4.52 Å². The second kappa shape index (κ2) is 2.14. The van der Waals surface area contributed by atoms with Gasteiger partial charge in [0.05, 0.1) is 0 Å². The molecule has 0 aromatic carbocycles. The highest BCUT2D eigenvalue weighted by Gasteiger charge is 2.37. The van der Waals surface area contributed by atoms with Crippen molar-refractivity contribution in [1.29, 1.82) is 0 Å². The molecule has 0 atom stereocenters. The first kappa shape index (κ1) is 7.90. The first-order valence-corrected chi connectivity index (χ1v) is 2.72. The van der Waals surface area contributed by atoms with Gasteiger partial charge in [-0.15, -0.1) is 0 Å². The Labute approximate surface area is 60.0 Å². The number of alkyl halides is 3. The molecule has 0 bridgehead atoms. The first-order chi connectivity index (χ1) is 4.93. The summed E-state index contributed by atoms with van der Waals surface area (Å²) in [4.78, 5) is 0. The number of nitrogen functional groups attached to an aromatic ring is 1. The van der Waals surface area contributed by atoms with Gasteiger partial charge in [0, 0.05) is 0 Å². The zero-order valence-corrected chi connectivity index (χ0v) is 5.57. The van der Waals surface area contributed by atoms with Crippen LogP contribution in [0.25, 0.3) is 0 Å². The lowest BCUT2D eigenvalue weighted by atomic mass is 10.3. The van der Waals surface area contributed by atoms with Crippen molar-refractivity contribution in [2.45, 2.75) is 13.1 Å². The Hall–Kier alpha value is -1.20. The van der Waals surface area contributed by atoms with Gasteiger partial charge in [-0.1, -0.05) is 5.16 Å². The molecule has 6 heteroatoms. The van der Waals surface area contributed by atoms with Crippen LogP contribution < -0.4 is 5.73 Å². The summed E-state index contributed by atoms with van der Waals surface area (Å²) in [5.74, 6) is -0.0164. The number of rotatable bonds is 0. The monoisotopic (exact) mass is 166 g/mol. The van der Waals surface area contributed by atoms with Gasteiger partial charge in [-0.05, 0) is 6.92 Å². The fraction of sp³-hybridized carbons (Fsp3) is 0.400. The fourth-order valence-electron chi connectivity index (χ4n) is 0.584. The van der Waals surface area contributed by atoms with Gasteiger partial charge in [0.15, 0.2) is 5.76 Å². The van der Waals surface area contributed by atoms with Crippen LogP contribution in [-0.4, -0.2) is 5.16 Å². The van der Waals surface area contributed by atoms with E-state index in [0.717, 1.165) is 0 Å². The molecule has 0 fully saturated rings. The van der Waals surface area contributed by atoms with Gasteiger partial charge in [0.2, 0.25) is 5.69 Å². The van der Waals surface area contributed by atoms with Crippen molar-refractivity contribution in [2.24, 2.45) is 0 Å². The van der Waals surface area contributed by atoms with Crippen LogP contribution in [0.4, 0.5) is 18.9 Å². The number of aryl methyl sites for hydroxylation is 1. The Morgan fingerprint density at radius 3 is 2.18 bits per heavy atom. The van der Waals surface area contributed by atoms with Crippen molar-refractivity contribution in [3.8, 4) is 0 Å². The second-order valence-electron chi connectivity index (χ2n) is 2.00. The molecule has 1 aromatic rings. The molecule has 3 nitrogen and oxygen atoms in total. The Bertz CT molecular complexity index is 265. The van der Waals surface area contributed by atoms with Crippen LogP contribution in [-0.2, 0) is 6.18 Å². The molecular weight excluding hydrogens is 161 g/mol. The van der Waals surface area contributed by atoms with Gasteiger partial charge in [-0.2, -0.15) is 13.2 Å². The van der Waals surface area contributed by atoms with Crippen molar-refractivity contribution < 1.29 is 17.7 Å². The molecule has 0 amide bonds. The molecule has 0 aliphatic carbocycles. The number of halogens is 3. The van der Waals surface area contributed by atoms with Gasteiger partial charge < -0.3 is 10.3 Å². The fourth-order valence-corrected chi connectivity index (χ4v) is 0.584. The summed E-state index contributed by atoms with van der Waals surface area (Å²) in [6, 6.07) is 0. The SMILES string of the molecule is Cc1onc(C(F)(F)F)c1N. The predicted octanol–water partition coefficient (Wildman–Crippen LogP) is 1.58. The predicted molar refractivity (Wildman–Crippen MR) is 30.7 cm³/mol. The summed E-state index contributed by atoms with van der Waals surface area (Å²) < 4.78 is 39.8.